The number of aromatic nitrogens is 4. The number of nitrogens with one attached hydrogen (secondary N) is 3. The summed E-state index contributed by atoms with van der Waals surface area (Å²) in [4.78, 5) is 24.2. The molecule has 3 N–H and O–H groups in total. The third kappa shape index (κ3) is 6.43. The number of rotatable bonds is 7. The van der Waals surface area contributed by atoms with Gasteiger partial charge in [0.15, 0.2) is 5.82 Å². The summed E-state index contributed by atoms with van der Waals surface area (Å²) < 4.78 is 52.3. The van der Waals surface area contributed by atoms with Crippen molar-refractivity contribution in [3.8, 4) is 0 Å². The Hall–Kier alpha value is -3.13. The van der Waals surface area contributed by atoms with E-state index in [1.54, 1.807) is 6.07 Å². The zero-order valence-electron chi connectivity index (χ0n) is 17.5. The molecular formula is C18H23F3N6O5. The molecule has 0 radical (unpaired) electrons. The van der Waals surface area contributed by atoms with Gasteiger partial charge in [0.05, 0.1) is 18.0 Å². The van der Waals surface area contributed by atoms with Crippen molar-refractivity contribution in [2.24, 2.45) is 7.05 Å². The largest absolute Gasteiger partial charge is 0.522 e. The van der Waals surface area contributed by atoms with E-state index in [2.05, 4.69) is 30.7 Å². The summed E-state index contributed by atoms with van der Waals surface area (Å²) in [5, 5.41) is 15.8. The summed E-state index contributed by atoms with van der Waals surface area (Å²) in [5.74, 6) is -0.431. The van der Waals surface area contributed by atoms with Gasteiger partial charge in [-0.15, -0.1) is 13.2 Å². The van der Waals surface area contributed by atoms with Crippen LogP contribution in [0.2, 0.25) is 0 Å². The number of H-pyrrole nitrogens is 1. The molecule has 1 saturated heterocycles. The number of carbonyl (C=O) groups is 2. The van der Waals surface area contributed by atoms with Crippen LogP contribution < -0.4 is 10.6 Å². The summed E-state index contributed by atoms with van der Waals surface area (Å²) in [6.07, 6.45) is -5.75. The molecule has 1 aliphatic heterocycles. The third-order valence-corrected chi connectivity index (χ3v) is 4.37. The second-order valence-corrected chi connectivity index (χ2v) is 7.43. The van der Waals surface area contributed by atoms with Crippen LogP contribution in [0.25, 0.3) is 0 Å². The lowest BCUT2D eigenvalue weighted by atomic mass is 10.1. The molecule has 2 aromatic rings. The van der Waals surface area contributed by atoms with Crippen LogP contribution >= 0.6 is 0 Å². The van der Waals surface area contributed by atoms with Gasteiger partial charge >= 0.3 is 12.5 Å². The van der Waals surface area contributed by atoms with Crippen molar-refractivity contribution in [1.82, 2.24) is 25.3 Å². The Morgan fingerprint density at radius 1 is 1.38 bits per heavy atom. The molecule has 1 fully saturated rings. The Labute approximate surface area is 180 Å². The van der Waals surface area contributed by atoms with Crippen LogP contribution in [0.15, 0.2) is 12.1 Å². The van der Waals surface area contributed by atoms with Crippen LogP contribution in [0, 0.1) is 0 Å². The maximum atomic E-state index is 12.5. The van der Waals surface area contributed by atoms with Gasteiger partial charge in [0.1, 0.15) is 24.5 Å². The Balaban J connectivity index is 1.55. The molecule has 2 amide bonds. The van der Waals surface area contributed by atoms with Crippen molar-refractivity contribution in [2.75, 3.05) is 11.9 Å². The standard InChI is InChI=1S/C18H23F3N6O5/c1-9(2)22-17(29)32-11-5-14(30-8-11)12-6-15(25-24-12)23-16(28)13-4-10(26-27(13)3)7-31-18(19,20)21/h4,6,9,11,14H,5,7-8H2,1-3H3,(H,22,29)(H2,23,24,25,28)/t11-,14-/m0/s1. The first-order valence-electron chi connectivity index (χ1n) is 9.69. The van der Waals surface area contributed by atoms with E-state index in [9.17, 15) is 22.8 Å². The molecule has 0 spiro atoms. The predicted molar refractivity (Wildman–Crippen MR) is 102 cm³/mol. The number of anilines is 1. The smallest absolute Gasteiger partial charge is 0.444 e. The summed E-state index contributed by atoms with van der Waals surface area (Å²) in [5.41, 5.74) is 0.543. The van der Waals surface area contributed by atoms with Gasteiger partial charge in [-0.2, -0.15) is 10.2 Å². The zero-order valence-corrected chi connectivity index (χ0v) is 17.5. The number of hydrogen-bond acceptors (Lipinski definition) is 7. The lowest BCUT2D eigenvalue weighted by Gasteiger charge is -2.13. The van der Waals surface area contributed by atoms with E-state index in [-0.39, 0.29) is 29.9 Å². The fourth-order valence-corrected chi connectivity index (χ4v) is 3.03. The molecular weight excluding hydrogens is 437 g/mol. The van der Waals surface area contributed by atoms with E-state index >= 15 is 0 Å². The Bertz CT molecular complexity index is 957. The second kappa shape index (κ2) is 9.56. The second-order valence-electron chi connectivity index (χ2n) is 7.43. The summed E-state index contributed by atoms with van der Waals surface area (Å²) in [7, 11) is 1.42. The monoisotopic (exact) mass is 460 g/mol. The SMILES string of the molecule is CC(C)NC(=O)O[C@@H]1CO[C@H](c2cc(NC(=O)c3cc(COC(F)(F)F)nn3C)n[nH]2)C1. The van der Waals surface area contributed by atoms with Gasteiger partial charge in [0.2, 0.25) is 0 Å². The lowest BCUT2D eigenvalue weighted by molar-refractivity contribution is -0.330. The highest BCUT2D eigenvalue weighted by Gasteiger charge is 2.32. The van der Waals surface area contributed by atoms with Crippen LogP contribution in [0.1, 0.15) is 48.2 Å². The topological polar surface area (TPSA) is 132 Å². The third-order valence-electron chi connectivity index (χ3n) is 4.37. The normalized spacial score (nSPS) is 18.7. The number of carbonyl (C=O) groups excluding carboxylic acids is 2. The molecule has 0 bridgehead atoms. The van der Waals surface area contributed by atoms with E-state index in [0.717, 1.165) is 4.68 Å². The van der Waals surface area contributed by atoms with Gasteiger partial charge in [-0.1, -0.05) is 0 Å². The van der Waals surface area contributed by atoms with E-state index in [1.165, 1.54) is 13.1 Å². The summed E-state index contributed by atoms with van der Waals surface area (Å²) >= 11 is 0. The van der Waals surface area contributed by atoms with E-state index in [0.29, 0.717) is 12.1 Å². The van der Waals surface area contributed by atoms with Crippen LogP contribution in [0.3, 0.4) is 0 Å². The molecule has 176 valence electrons. The Morgan fingerprint density at radius 2 is 2.12 bits per heavy atom. The zero-order chi connectivity index (χ0) is 23.5. The fourth-order valence-electron chi connectivity index (χ4n) is 3.03. The molecule has 0 aromatic carbocycles. The first kappa shape index (κ1) is 23.5. The molecule has 0 unspecified atom stereocenters. The van der Waals surface area contributed by atoms with Gasteiger partial charge in [-0.25, -0.2) is 4.79 Å². The van der Waals surface area contributed by atoms with Crippen LogP contribution in [0.4, 0.5) is 23.8 Å². The molecule has 2 atom stereocenters. The minimum Gasteiger partial charge on any atom is -0.444 e. The van der Waals surface area contributed by atoms with Crippen molar-refractivity contribution in [3.63, 3.8) is 0 Å². The highest BCUT2D eigenvalue weighted by molar-refractivity contribution is 6.02. The number of aryl methyl sites for hydroxylation is 1. The molecule has 2 aromatic heterocycles. The molecule has 0 saturated carbocycles. The van der Waals surface area contributed by atoms with Gasteiger partial charge < -0.3 is 20.1 Å². The summed E-state index contributed by atoms with van der Waals surface area (Å²) in [6.45, 7) is 3.04. The van der Waals surface area contributed by atoms with Crippen LogP contribution in [-0.4, -0.2) is 57.1 Å². The molecule has 14 heteroatoms. The predicted octanol–water partition coefficient (Wildman–Crippen LogP) is 2.40. The average Bonchev–Trinajstić information content (AvgIpc) is 3.38. The minimum atomic E-state index is -4.80. The maximum Gasteiger partial charge on any atom is 0.522 e. The lowest BCUT2D eigenvalue weighted by Crippen LogP contribution is -2.33. The molecule has 1 aliphatic rings. The number of alkyl halides is 3. The number of halogens is 3. The Kier molecular flexibility index (Phi) is 7.03. The van der Waals surface area contributed by atoms with Gasteiger partial charge in [0, 0.05) is 25.6 Å². The Morgan fingerprint density at radius 3 is 2.81 bits per heavy atom. The van der Waals surface area contributed by atoms with Crippen molar-refractivity contribution in [1.29, 1.82) is 0 Å². The van der Waals surface area contributed by atoms with Crippen molar-refractivity contribution >= 4 is 17.8 Å². The number of ether oxygens (including phenoxy) is 3. The van der Waals surface area contributed by atoms with E-state index in [1.807, 2.05) is 13.8 Å². The summed E-state index contributed by atoms with van der Waals surface area (Å²) in [6, 6.07) is 2.70. The molecule has 3 heterocycles. The van der Waals surface area contributed by atoms with Crippen molar-refractivity contribution in [3.05, 3.63) is 29.2 Å². The van der Waals surface area contributed by atoms with Gasteiger partial charge in [0.25, 0.3) is 5.91 Å². The minimum absolute atomic E-state index is 0.0251. The number of amides is 2. The van der Waals surface area contributed by atoms with Gasteiger partial charge in [-0.05, 0) is 19.9 Å². The van der Waals surface area contributed by atoms with Crippen LogP contribution in [-0.2, 0) is 27.9 Å². The fraction of sp³-hybridized carbons (Fsp3) is 0.556. The molecule has 3 rings (SSSR count). The van der Waals surface area contributed by atoms with E-state index < -0.39 is 37.2 Å². The molecule has 11 nitrogen and oxygen atoms in total. The maximum absolute atomic E-state index is 12.5. The number of hydrogen-bond donors (Lipinski definition) is 3. The molecule has 32 heavy (non-hydrogen) atoms. The van der Waals surface area contributed by atoms with Crippen LogP contribution in [0.5, 0.6) is 0 Å². The first-order valence-corrected chi connectivity index (χ1v) is 9.69. The quantitative estimate of drug-likeness (QED) is 0.578. The average molecular weight is 460 g/mol. The molecule has 0 aliphatic carbocycles. The van der Waals surface area contributed by atoms with Crippen molar-refractivity contribution in [2.45, 2.75) is 51.5 Å². The number of nitrogens with zero attached hydrogens (tertiary/aromatic N) is 3. The van der Waals surface area contributed by atoms with E-state index in [4.69, 9.17) is 9.47 Å². The first-order chi connectivity index (χ1) is 15.0. The highest BCUT2D eigenvalue weighted by Crippen LogP contribution is 2.30. The number of aromatic amines is 1. The number of alkyl carbamates (subject to hydrolysis) is 1. The highest BCUT2D eigenvalue weighted by atomic mass is 19.4. The van der Waals surface area contributed by atoms with Crippen molar-refractivity contribution < 1.29 is 37.0 Å². The van der Waals surface area contributed by atoms with Gasteiger partial charge in [-0.3, -0.25) is 19.3 Å².